The molecule has 0 bridgehead atoms. The van der Waals surface area contributed by atoms with Gasteiger partial charge >= 0.3 is 0 Å². The van der Waals surface area contributed by atoms with E-state index in [2.05, 4.69) is 10.3 Å². The highest BCUT2D eigenvalue weighted by Crippen LogP contribution is 2.39. The largest absolute Gasteiger partial charge is 0.490 e. The number of ether oxygens (including phenoxy) is 3. The molecule has 0 aliphatic rings. The monoisotopic (exact) mass is 463 g/mol. The van der Waals surface area contributed by atoms with E-state index < -0.39 is 0 Å². The number of carbonyl (C=O) groups is 1. The van der Waals surface area contributed by atoms with Crippen LogP contribution in [-0.2, 0) is 0 Å². The molecule has 0 saturated carbocycles. The normalized spacial score (nSPS) is 10.8. The fraction of sp³-hybridized carbons (Fsp3) is 0.231. The zero-order valence-corrected chi connectivity index (χ0v) is 19.3. The maximum absolute atomic E-state index is 13.5. The molecule has 4 rings (SSSR count). The number of rotatable bonds is 9. The second-order valence-corrected chi connectivity index (χ2v) is 7.30. The fourth-order valence-electron chi connectivity index (χ4n) is 3.62. The first kappa shape index (κ1) is 23.1. The molecule has 0 fully saturated rings. The van der Waals surface area contributed by atoms with Crippen molar-refractivity contribution in [2.75, 3.05) is 25.1 Å². The number of benzene rings is 2. The zero-order valence-electron chi connectivity index (χ0n) is 19.3. The summed E-state index contributed by atoms with van der Waals surface area (Å²) in [6.45, 7) is 6.81. The van der Waals surface area contributed by atoms with Gasteiger partial charge in [-0.1, -0.05) is 6.07 Å². The van der Waals surface area contributed by atoms with Gasteiger partial charge in [-0.2, -0.15) is 0 Å². The van der Waals surface area contributed by atoms with Gasteiger partial charge in [0.1, 0.15) is 23.0 Å². The van der Waals surface area contributed by atoms with Gasteiger partial charge in [0.15, 0.2) is 11.5 Å². The van der Waals surface area contributed by atoms with E-state index in [1.165, 1.54) is 12.1 Å². The Kier molecular flexibility index (Phi) is 6.96. The number of pyridine rings is 1. The fourth-order valence-corrected chi connectivity index (χ4v) is 3.62. The number of anilines is 1. The van der Waals surface area contributed by atoms with Gasteiger partial charge in [-0.3, -0.25) is 9.20 Å². The van der Waals surface area contributed by atoms with Crippen LogP contribution in [0.4, 0.5) is 10.2 Å². The standard InChI is InChI=1S/C26H26FN3O4/c1-4-32-20-15-18(16-21(33-5-2)24(20)34-6-3)26(31)29-25-23(17-10-12-19(27)13-11-17)28-22-9-7-8-14-30(22)25/h7-16H,4-6H2,1-3H3,(H,29,31). The van der Waals surface area contributed by atoms with Gasteiger partial charge in [0.2, 0.25) is 5.75 Å². The predicted molar refractivity (Wildman–Crippen MR) is 128 cm³/mol. The van der Waals surface area contributed by atoms with Crippen LogP contribution in [0.15, 0.2) is 60.8 Å². The van der Waals surface area contributed by atoms with Crippen LogP contribution in [0, 0.1) is 5.82 Å². The molecule has 7 nitrogen and oxygen atoms in total. The average Bonchev–Trinajstić information content (AvgIpc) is 3.20. The molecule has 1 N–H and O–H groups in total. The third-order valence-corrected chi connectivity index (χ3v) is 5.05. The van der Waals surface area contributed by atoms with Crippen LogP contribution >= 0.6 is 0 Å². The minimum atomic E-state index is -0.376. The second-order valence-electron chi connectivity index (χ2n) is 7.30. The van der Waals surface area contributed by atoms with E-state index in [0.29, 0.717) is 65.4 Å². The van der Waals surface area contributed by atoms with Crippen molar-refractivity contribution in [3.8, 4) is 28.5 Å². The van der Waals surface area contributed by atoms with Crippen LogP contribution in [0.5, 0.6) is 17.2 Å². The Morgan fingerprint density at radius 3 is 2.21 bits per heavy atom. The second kappa shape index (κ2) is 10.2. The Morgan fingerprint density at radius 1 is 0.941 bits per heavy atom. The average molecular weight is 464 g/mol. The Morgan fingerprint density at radius 2 is 1.59 bits per heavy atom. The number of fused-ring (bicyclic) bond motifs is 1. The quantitative estimate of drug-likeness (QED) is 0.350. The predicted octanol–water partition coefficient (Wildman–Crippen LogP) is 5.59. The van der Waals surface area contributed by atoms with Gasteiger partial charge in [-0.15, -0.1) is 0 Å². The molecule has 4 aromatic rings. The molecule has 2 aromatic carbocycles. The Bertz CT molecular complexity index is 1270. The summed E-state index contributed by atoms with van der Waals surface area (Å²) < 4.78 is 32.5. The lowest BCUT2D eigenvalue weighted by Crippen LogP contribution is -2.15. The summed E-state index contributed by atoms with van der Waals surface area (Å²) >= 11 is 0. The van der Waals surface area contributed by atoms with Crippen LogP contribution < -0.4 is 19.5 Å². The Balaban J connectivity index is 1.77. The molecule has 176 valence electrons. The number of halogens is 1. The summed E-state index contributed by atoms with van der Waals surface area (Å²) in [5, 5.41) is 2.97. The maximum Gasteiger partial charge on any atom is 0.257 e. The van der Waals surface area contributed by atoms with Gasteiger partial charge in [-0.25, -0.2) is 9.37 Å². The molecule has 0 spiro atoms. The van der Waals surface area contributed by atoms with E-state index in [-0.39, 0.29) is 11.7 Å². The Hall–Kier alpha value is -4.07. The SMILES string of the molecule is CCOc1cc(C(=O)Nc2c(-c3ccc(F)cc3)nc3ccccn23)cc(OCC)c1OCC. The number of hydrogen-bond acceptors (Lipinski definition) is 5. The van der Waals surface area contributed by atoms with E-state index in [1.807, 2.05) is 39.0 Å². The number of amides is 1. The van der Waals surface area contributed by atoms with Crippen molar-refractivity contribution in [3.05, 3.63) is 72.2 Å². The molecule has 8 heteroatoms. The lowest BCUT2D eigenvalue weighted by Gasteiger charge is -2.17. The molecular weight excluding hydrogens is 437 g/mol. The number of nitrogens with zero attached hydrogens (tertiary/aromatic N) is 2. The molecule has 0 aliphatic carbocycles. The minimum absolute atomic E-state index is 0.339. The first-order valence-corrected chi connectivity index (χ1v) is 11.2. The van der Waals surface area contributed by atoms with Gasteiger partial charge in [0.25, 0.3) is 5.91 Å². The van der Waals surface area contributed by atoms with Crippen LogP contribution in [0.1, 0.15) is 31.1 Å². The van der Waals surface area contributed by atoms with E-state index >= 15 is 0 Å². The highest BCUT2D eigenvalue weighted by Gasteiger charge is 2.21. The molecule has 0 atom stereocenters. The van der Waals surface area contributed by atoms with E-state index in [1.54, 1.807) is 34.9 Å². The molecular formula is C26H26FN3O4. The summed E-state index contributed by atoms with van der Waals surface area (Å²) in [4.78, 5) is 18.1. The summed E-state index contributed by atoms with van der Waals surface area (Å²) in [6.07, 6.45) is 1.81. The zero-order chi connectivity index (χ0) is 24.1. The molecule has 1 amide bonds. The molecule has 0 unspecified atom stereocenters. The molecule has 2 heterocycles. The molecule has 0 aliphatic heterocycles. The smallest absolute Gasteiger partial charge is 0.257 e. The number of aromatic nitrogens is 2. The first-order valence-electron chi connectivity index (χ1n) is 11.2. The van der Waals surface area contributed by atoms with Crippen molar-refractivity contribution in [2.24, 2.45) is 0 Å². The highest BCUT2D eigenvalue weighted by atomic mass is 19.1. The summed E-state index contributed by atoms with van der Waals surface area (Å²) in [5.41, 5.74) is 2.19. The maximum atomic E-state index is 13.5. The number of nitrogens with one attached hydrogen (secondary N) is 1. The molecule has 0 saturated heterocycles. The lowest BCUT2D eigenvalue weighted by molar-refractivity contribution is 0.102. The summed E-state index contributed by atoms with van der Waals surface area (Å²) in [6, 6.07) is 14.8. The topological polar surface area (TPSA) is 74.1 Å². The number of imidazole rings is 1. The van der Waals surface area contributed by atoms with Gasteiger partial charge < -0.3 is 19.5 Å². The van der Waals surface area contributed by atoms with Gasteiger partial charge in [0.05, 0.1) is 19.8 Å². The number of hydrogen-bond donors (Lipinski definition) is 1. The number of carbonyl (C=O) groups excluding carboxylic acids is 1. The highest BCUT2D eigenvalue weighted by molar-refractivity contribution is 6.06. The van der Waals surface area contributed by atoms with Crippen molar-refractivity contribution in [1.29, 1.82) is 0 Å². The molecule has 0 radical (unpaired) electrons. The van der Waals surface area contributed by atoms with Gasteiger partial charge in [0, 0.05) is 17.3 Å². The summed E-state index contributed by atoms with van der Waals surface area (Å²) in [7, 11) is 0. The van der Waals surface area contributed by atoms with Crippen LogP contribution in [0.25, 0.3) is 16.9 Å². The van der Waals surface area contributed by atoms with Crippen molar-refractivity contribution >= 4 is 17.4 Å². The van der Waals surface area contributed by atoms with Crippen molar-refractivity contribution in [2.45, 2.75) is 20.8 Å². The Labute approximate surface area is 197 Å². The third kappa shape index (κ3) is 4.66. The molecule has 34 heavy (non-hydrogen) atoms. The third-order valence-electron chi connectivity index (χ3n) is 5.05. The van der Waals surface area contributed by atoms with Crippen LogP contribution in [0.3, 0.4) is 0 Å². The van der Waals surface area contributed by atoms with Crippen LogP contribution in [-0.4, -0.2) is 35.1 Å². The van der Waals surface area contributed by atoms with E-state index in [9.17, 15) is 9.18 Å². The summed E-state index contributed by atoms with van der Waals surface area (Å²) in [5.74, 6) is 1.06. The van der Waals surface area contributed by atoms with Crippen molar-refractivity contribution in [3.63, 3.8) is 0 Å². The first-order chi connectivity index (χ1) is 16.5. The molecule has 2 aromatic heterocycles. The van der Waals surface area contributed by atoms with Crippen molar-refractivity contribution in [1.82, 2.24) is 9.38 Å². The van der Waals surface area contributed by atoms with E-state index in [4.69, 9.17) is 14.2 Å². The van der Waals surface area contributed by atoms with Crippen LogP contribution in [0.2, 0.25) is 0 Å². The van der Waals surface area contributed by atoms with Crippen molar-refractivity contribution < 1.29 is 23.4 Å². The van der Waals surface area contributed by atoms with Gasteiger partial charge in [-0.05, 0) is 69.3 Å². The van der Waals surface area contributed by atoms with E-state index in [0.717, 1.165) is 0 Å². The minimum Gasteiger partial charge on any atom is -0.490 e. The lowest BCUT2D eigenvalue weighted by atomic mass is 10.1.